The summed E-state index contributed by atoms with van der Waals surface area (Å²) in [4.78, 5) is 15.8. The molecule has 1 aliphatic heterocycles. The van der Waals surface area contributed by atoms with Crippen LogP contribution in [0.4, 0.5) is 11.5 Å². The number of fused-ring (bicyclic) bond motifs is 1. The molecule has 2 aromatic carbocycles. The summed E-state index contributed by atoms with van der Waals surface area (Å²) in [6, 6.07) is 11.5. The largest absolute Gasteiger partial charge is 0.493 e. The first-order valence-electron chi connectivity index (χ1n) is 9.81. The second-order valence-electron chi connectivity index (χ2n) is 7.17. The molecule has 4 rings (SSSR count). The number of aromatic nitrogens is 1. The van der Waals surface area contributed by atoms with Crippen LogP contribution in [-0.4, -0.2) is 61.1 Å². The average Bonchev–Trinajstić information content (AvgIpc) is 3.21. The second kappa shape index (κ2) is 8.85. The zero-order chi connectivity index (χ0) is 21.1. The normalized spacial score (nSPS) is 14.8. The fraction of sp³-hybridized carbons (Fsp3) is 0.381. The number of hydrogen-bond acceptors (Lipinski definition) is 8. The minimum atomic E-state index is -0.359. The van der Waals surface area contributed by atoms with Crippen molar-refractivity contribution in [2.45, 2.75) is 6.42 Å². The van der Waals surface area contributed by atoms with Crippen LogP contribution in [-0.2, 0) is 6.42 Å². The van der Waals surface area contributed by atoms with Gasteiger partial charge >= 0.3 is 0 Å². The number of rotatable bonds is 7. The van der Waals surface area contributed by atoms with E-state index in [4.69, 9.17) is 9.47 Å². The molecular formula is C21H24N4O4S. The van der Waals surface area contributed by atoms with Crippen molar-refractivity contribution in [2.24, 2.45) is 0 Å². The molecule has 9 heteroatoms. The average molecular weight is 429 g/mol. The van der Waals surface area contributed by atoms with Gasteiger partial charge in [0.1, 0.15) is 5.82 Å². The zero-order valence-corrected chi connectivity index (χ0v) is 17.9. The summed E-state index contributed by atoms with van der Waals surface area (Å²) in [6.07, 6.45) is 0.580. The molecule has 0 spiro atoms. The van der Waals surface area contributed by atoms with E-state index >= 15 is 0 Å². The van der Waals surface area contributed by atoms with Crippen LogP contribution in [0.3, 0.4) is 0 Å². The molecule has 0 saturated carbocycles. The van der Waals surface area contributed by atoms with Crippen molar-refractivity contribution in [2.75, 3.05) is 51.8 Å². The number of anilines is 1. The van der Waals surface area contributed by atoms with Crippen molar-refractivity contribution >= 4 is 33.1 Å². The predicted octanol–water partition coefficient (Wildman–Crippen LogP) is 3.59. The Labute approximate surface area is 178 Å². The highest BCUT2D eigenvalue weighted by atomic mass is 32.1. The number of benzene rings is 2. The highest BCUT2D eigenvalue weighted by molar-refractivity contribution is 7.13. The highest BCUT2D eigenvalue weighted by Crippen LogP contribution is 2.35. The molecular weight excluding hydrogens is 404 g/mol. The van der Waals surface area contributed by atoms with E-state index < -0.39 is 0 Å². The first-order valence-corrected chi connectivity index (χ1v) is 10.6. The lowest BCUT2D eigenvalue weighted by Crippen LogP contribution is -2.47. The molecule has 0 atom stereocenters. The minimum Gasteiger partial charge on any atom is -0.493 e. The third kappa shape index (κ3) is 4.03. The standard InChI is InChI=1S/C21H24N4O4S/c1-28-18-13-15(17(25(26)27)14-19(18)29-2)7-8-23-9-11-24(12-10-23)21-16-5-3-4-6-20(16)30-22-21/h3-6,13-14H,7-12H2,1-2H3. The maximum absolute atomic E-state index is 11.5. The van der Waals surface area contributed by atoms with Crippen LogP contribution in [0.15, 0.2) is 36.4 Å². The van der Waals surface area contributed by atoms with Gasteiger partial charge in [-0.2, -0.15) is 4.37 Å². The van der Waals surface area contributed by atoms with Gasteiger partial charge in [-0.25, -0.2) is 0 Å². The number of piperazine rings is 1. The molecule has 30 heavy (non-hydrogen) atoms. The van der Waals surface area contributed by atoms with Crippen LogP contribution in [0.1, 0.15) is 5.56 Å². The Kier molecular flexibility index (Phi) is 6.01. The maximum Gasteiger partial charge on any atom is 0.276 e. The summed E-state index contributed by atoms with van der Waals surface area (Å²) in [6.45, 7) is 4.32. The maximum atomic E-state index is 11.5. The van der Waals surface area contributed by atoms with E-state index in [9.17, 15) is 10.1 Å². The van der Waals surface area contributed by atoms with Gasteiger partial charge in [-0.05, 0) is 36.2 Å². The van der Waals surface area contributed by atoms with E-state index in [-0.39, 0.29) is 10.6 Å². The Hall–Kier alpha value is -2.91. The summed E-state index contributed by atoms with van der Waals surface area (Å²) >= 11 is 1.54. The van der Waals surface area contributed by atoms with Gasteiger partial charge in [0.05, 0.1) is 29.9 Å². The molecule has 0 unspecified atom stereocenters. The number of hydrogen-bond donors (Lipinski definition) is 0. The minimum absolute atomic E-state index is 0.0697. The van der Waals surface area contributed by atoms with Crippen molar-refractivity contribution in [3.05, 3.63) is 52.1 Å². The van der Waals surface area contributed by atoms with Gasteiger partial charge in [0.2, 0.25) is 0 Å². The smallest absolute Gasteiger partial charge is 0.276 e. The molecule has 3 aromatic rings. The van der Waals surface area contributed by atoms with Gasteiger partial charge in [0.15, 0.2) is 11.5 Å². The van der Waals surface area contributed by atoms with Gasteiger partial charge in [0.25, 0.3) is 5.69 Å². The number of nitro groups is 1. The van der Waals surface area contributed by atoms with Crippen LogP contribution in [0, 0.1) is 10.1 Å². The van der Waals surface area contributed by atoms with Gasteiger partial charge in [-0.3, -0.25) is 15.0 Å². The van der Waals surface area contributed by atoms with Crippen molar-refractivity contribution in [1.29, 1.82) is 0 Å². The van der Waals surface area contributed by atoms with Crippen LogP contribution in [0.5, 0.6) is 11.5 Å². The fourth-order valence-corrected chi connectivity index (χ4v) is 4.64. The molecule has 1 saturated heterocycles. The summed E-state index contributed by atoms with van der Waals surface area (Å²) in [5.74, 6) is 1.95. The van der Waals surface area contributed by atoms with Gasteiger partial charge in [-0.15, -0.1) is 0 Å². The first kappa shape index (κ1) is 20.4. The Bertz CT molecular complexity index is 1050. The molecule has 1 aromatic heterocycles. The lowest BCUT2D eigenvalue weighted by Gasteiger charge is -2.35. The lowest BCUT2D eigenvalue weighted by molar-refractivity contribution is -0.385. The van der Waals surface area contributed by atoms with Gasteiger partial charge in [-0.1, -0.05) is 12.1 Å². The SMILES string of the molecule is COc1cc(CCN2CCN(c3nsc4ccccc34)CC2)c([N+](=O)[O-])cc1OC. The van der Waals surface area contributed by atoms with Crippen molar-refractivity contribution in [1.82, 2.24) is 9.27 Å². The highest BCUT2D eigenvalue weighted by Gasteiger charge is 2.23. The third-order valence-electron chi connectivity index (χ3n) is 5.51. The molecule has 1 aliphatic rings. The Morgan fingerprint density at radius 2 is 1.80 bits per heavy atom. The molecule has 2 heterocycles. The number of nitro benzene ring substituents is 1. The molecule has 8 nitrogen and oxygen atoms in total. The lowest BCUT2D eigenvalue weighted by atomic mass is 10.1. The molecule has 158 valence electrons. The van der Waals surface area contributed by atoms with Crippen LogP contribution in [0.2, 0.25) is 0 Å². The van der Waals surface area contributed by atoms with E-state index in [1.807, 2.05) is 12.1 Å². The molecule has 0 bridgehead atoms. The second-order valence-corrected chi connectivity index (χ2v) is 7.98. The molecule has 0 amide bonds. The van der Waals surface area contributed by atoms with E-state index in [1.165, 1.54) is 41.9 Å². The first-order chi connectivity index (χ1) is 14.6. The van der Waals surface area contributed by atoms with Crippen molar-refractivity contribution in [3.8, 4) is 11.5 Å². The van der Waals surface area contributed by atoms with Crippen molar-refractivity contribution < 1.29 is 14.4 Å². The molecule has 0 N–H and O–H groups in total. The van der Waals surface area contributed by atoms with Gasteiger partial charge < -0.3 is 14.4 Å². The van der Waals surface area contributed by atoms with Crippen LogP contribution >= 0.6 is 11.5 Å². The monoisotopic (exact) mass is 428 g/mol. The molecule has 0 radical (unpaired) electrons. The summed E-state index contributed by atoms with van der Waals surface area (Å²) in [7, 11) is 3.02. The summed E-state index contributed by atoms with van der Waals surface area (Å²) in [5, 5.41) is 12.7. The third-order valence-corrected chi connectivity index (χ3v) is 6.33. The van der Waals surface area contributed by atoms with E-state index in [1.54, 1.807) is 6.07 Å². The topological polar surface area (TPSA) is 81.0 Å². The zero-order valence-electron chi connectivity index (χ0n) is 17.0. The van der Waals surface area contributed by atoms with Crippen LogP contribution < -0.4 is 14.4 Å². The number of methoxy groups -OCH3 is 2. The van der Waals surface area contributed by atoms with E-state index in [0.29, 0.717) is 23.5 Å². The Morgan fingerprint density at radius 3 is 2.50 bits per heavy atom. The van der Waals surface area contributed by atoms with Crippen LogP contribution in [0.25, 0.3) is 10.1 Å². The summed E-state index contributed by atoms with van der Waals surface area (Å²) < 4.78 is 16.4. The Morgan fingerprint density at radius 1 is 1.10 bits per heavy atom. The molecule has 0 aliphatic carbocycles. The fourth-order valence-electron chi connectivity index (χ4n) is 3.84. The quantitative estimate of drug-likeness (QED) is 0.420. The molecule has 1 fully saturated rings. The van der Waals surface area contributed by atoms with Gasteiger partial charge in [0, 0.05) is 43.7 Å². The predicted molar refractivity (Wildman–Crippen MR) is 118 cm³/mol. The van der Waals surface area contributed by atoms with E-state index in [2.05, 4.69) is 26.3 Å². The summed E-state index contributed by atoms with van der Waals surface area (Å²) in [5.41, 5.74) is 0.728. The van der Waals surface area contributed by atoms with E-state index in [0.717, 1.165) is 38.5 Å². The van der Waals surface area contributed by atoms with Crippen molar-refractivity contribution in [3.63, 3.8) is 0 Å². The Balaban J connectivity index is 1.41. The number of ether oxygens (including phenoxy) is 2. The number of nitrogens with zero attached hydrogens (tertiary/aromatic N) is 4.